The van der Waals surface area contributed by atoms with Gasteiger partial charge in [-0.15, -0.1) is 11.3 Å². The number of carbonyl (C=O) groups is 1. The lowest BCUT2D eigenvalue weighted by atomic mass is 10.2. The number of ether oxygens (including phenoxy) is 1. The van der Waals surface area contributed by atoms with Crippen molar-refractivity contribution >= 4 is 69.0 Å². The van der Waals surface area contributed by atoms with Gasteiger partial charge in [0.25, 0.3) is 0 Å². The Kier molecular flexibility index (Phi) is 7.64. The third-order valence-electron chi connectivity index (χ3n) is 4.59. The largest absolute Gasteiger partial charge is 0.497 e. The number of halogens is 2. The molecule has 0 unspecified atom stereocenters. The zero-order valence-corrected chi connectivity index (χ0v) is 20.8. The summed E-state index contributed by atoms with van der Waals surface area (Å²) in [7, 11) is 1.62. The molecule has 4 aromatic rings. The summed E-state index contributed by atoms with van der Waals surface area (Å²) in [6.45, 7) is 0. The van der Waals surface area contributed by atoms with Crippen LogP contribution in [0.1, 0.15) is 5.76 Å². The lowest BCUT2D eigenvalue weighted by Gasteiger charge is -2.04. The Labute approximate surface area is 215 Å². The number of nitrogens with one attached hydrogen (secondary N) is 2. The van der Waals surface area contributed by atoms with Gasteiger partial charge in [-0.3, -0.25) is 10.1 Å². The number of thiocarbonyl (C=S) groups is 1. The minimum Gasteiger partial charge on any atom is -0.497 e. The SMILES string of the molecule is COc1ccc(-c2csc(NC(=S)NC(=O)C=Cc3ccc(-c4cccc(Cl)c4Cl)o3)n2)cc1. The molecule has 0 atom stereocenters. The van der Waals surface area contributed by atoms with Gasteiger partial charge in [0, 0.05) is 22.6 Å². The maximum Gasteiger partial charge on any atom is 0.250 e. The summed E-state index contributed by atoms with van der Waals surface area (Å²) in [5.74, 6) is 1.38. The van der Waals surface area contributed by atoms with Gasteiger partial charge in [0.05, 0.1) is 22.8 Å². The second-order valence-electron chi connectivity index (χ2n) is 6.85. The molecule has 4 rings (SSSR count). The van der Waals surface area contributed by atoms with E-state index in [0.717, 1.165) is 17.0 Å². The molecule has 0 aliphatic carbocycles. The summed E-state index contributed by atoms with van der Waals surface area (Å²) in [6.07, 6.45) is 2.85. The number of carbonyl (C=O) groups excluding carboxylic acids is 1. The Morgan fingerprint density at radius 3 is 2.71 bits per heavy atom. The molecular formula is C24H17Cl2N3O3S2. The molecule has 0 saturated heterocycles. The van der Waals surface area contributed by atoms with Crippen LogP contribution in [0, 0.1) is 0 Å². The van der Waals surface area contributed by atoms with Crippen LogP contribution in [-0.4, -0.2) is 23.1 Å². The molecule has 0 bridgehead atoms. The van der Waals surface area contributed by atoms with Gasteiger partial charge in [0.2, 0.25) is 5.91 Å². The molecule has 2 aromatic carbocycles. The van der Waals surface area contributed by atoms with Crippen LogP contribution in [0.3, 0.4) is 0 Å². The third kappa shape index (κ3) is 5.84. The maximum absolute atomic E-state index is 12.2. The fraction of sp³-hybridized carbons (Fsp3) is 0.0417. The lowest BCUT2D eigenvalue weighted by Crippen LogP contribution is -2.32. The van der Waals surface area contributed by atoms with E-state index < -0.39 is 5.91 Å². The maximum atomic E-state index is 12.2. The molecule has 2 aromatic heterocycles. The van der Waals surface area contributed by atoms with Gasteiger partial charge in [0.1, 0.15) is 17.3 Å². The first-order valence-electron chi connectivity index (χ1n) is 9.87. The highest BCUT2D eigenvalue weighted by molar-refractivity contribution is 7.80. The molecule has 0 aliphatic heterocycles. The summed E-state index contributed by atoms with van der Waals surface area (Å²) >= 11 is 18.9. The average Bonchev–Trinajstić information content (AvgIpc) is 3.49. The van der Waals surface area contributed by atoms with E-state index in [0.29, 0.717) is 32.3 Å². The molecule has 2 N–H and O–H groups in total. The standard InChI is InChI=1S/C24H17Cl2N3O3S2/c1-31-15-7-5-14(6-8-15)19-13-34-24(27-19)29-23(33)28-21(30)12-10-16-9-11-20(32-16)17-3-2-4-18(25)22(17)26/h2-13H,1H3,(H2,27,28,29,30,33). The van der Waals surface area contributed by atoms with E-state index in [-0.39, 0.29) is 5.11 Å². The summed E-state index contributed by atoms with van der Waals surface area (Å²) in [5, 5.41) is 8.94. The molecule has 10 heteroatoms. The van der Waals surface area contributed by atoms with E-state index in [4.69, 9.17) is 44.6 Å². The monoisotopic (exact) mass is 529 g/mol. The second kappa shape index (κ2) is 10.8. The summed E-state index contributed by atoms with van der Waals surface area (Å²) in [5.41, 5.74) is 2.40. The third-order valence-corrected chi connectivity index (χ3v) is 6.37. The molecule has 0 radical (unpaired) electrons. The van der Waals surface area contributed by atoms with Crippen molar-refractivity contribution in [1.29, 1.82) is 0 Å². The summed E-state index contributed by atoms with van der Waals surface area (Å²) in [6, 6.07) is 16.3. The van der Waals surface area contributed by atoms with Gasteiger partial charge in [-0.1, -0.05) is 29.3 Å². The Balaban J connectivity index is 1.33. The predicted molar refractivity (Wildman–Crippen MR) is 142 cm³/mol. The first kappa shape index (κ1) is 24.0. The Hall–Kier alpha value is -3.17. The fourth-order valence-corrected chi connectivity index (χ4v) is 4.33. The number of methoxy groups -OCH3 is 1. The second-order valence-corrected chi connectivity index (χ2v) is 8.90. The molecule has 172 valence electrons. The number of hydrogen-bond donors (Lipinski definition) is 2. The number of hydrogen-bond acceptors (Lipinski definition) is 6. The van der Waals surface area contributed by atoms with Crippen molar-refractivity contribution in [3.63, 3.8) is 0 Å². The zero-order chi connectivity index (χ0) is 24.1. The van der Waals surface area contributed by atoms with Crippen molar-refractivity contribution in [2.45, 2.75) is 0 Å². The van der Waals surface area contributed by atoms with Crippen molar-refractivity contribution in [1.82, 2.24) is 10.3 Å². The number of anilines is 1. The van der Waals surface area contributed by atoms with Crippen molar-refractivity contribution in [3.8, 4) is 28.3 Å². The molecule has 34 heavy (non-hydrogen) atoms. The Morgan fingerprint density at radius 1 is 1.15 bits per heavy atom. The molecule has 2 heterocycles. The minimum absolute atomic E-state index is 0.135. The highest BCUT2D eigenvalue weighted by atomic mass is 35.5. The van der Waals surface area contributed by atoms with Crippen molar-refractivity contribution in [3.05, 3.63) is 81.9 Å². The van der Waals surface area contributed by atoms with Gasteiger partial charge in [-0.25, -0.2) is 4.98 Å². The van der Waals surface area contributed by atoms with Crippen LogP contribution in [0.2, 0.25) is 10.0 Å². The highest BCUT2D eigenvalue weighted by Gasteiger charge is 2.11. The van der Waals surface area contributed by atoms with E-state index in [2.05, 4.69) is 15.6 Å². The number of rotatable bonds is 6. The van der Waals surface area contributed by atoms with Crippen LogP contribution >= 0.6 is 46.8 Å². The van der Waals surface area contributed by atoms with E-state index >= 15 is 0 Å². The van der Waals surface area contributed by atoms with Gasteiger partial charge in [0.15, 0.2) is 10.2 Å². The van der Waals surface area contributed by atoms with E-state index in [1.54, 1.807) is 37.4 Å². The van der Waals surface area contributed by atoms with Crippen LogP contribution in [0.4, 0.5) is 5.13 Å². The molecule has 6 nitrogen and oxygen atoms in total. The smallest absolute Gasteiger partial charge is 0.250 e. The molecule has 1 amide bonds. The van der Waals surface area contributed by atoms with Crippen LogP contribution in [0.15, 0.2) is 70.5 Å². The number of nitrogens with zero attached hydrogens (tertiary/aromatic N) is 1. The summed E-state index contributed by atoms with van der Waals surface area (Å²) in [4.78, 5) is 16.7. The Morgan fingerprint density at radius 2 is 1.94 bits per heavy atom. The Bertz CT molecular complexity index is 1360. The van der Waals surface area contributed by atoms with Gasteiger partial charge in [-0.2, -0.15) is 0 Å². The van der Waals surface area contributed by atoms with Crippen LogP contribution in [0.25, 0.3) is 28.7 Å². The van der Waals surface area contributed by atoms with Crippen molar-refractivity contribution < 1.29 is 13.9 Å². The fourth-order valence-electron chi connectivity index (χ4n) is 2.95. The van der Waals surface area contributed by atoms with Crippen molar-refractivity contribution in [2.75, 3.05) is 12.4 Å². The summed E-state index contributed by atoms with van der Waals surface area (Å²) < 4.78 is 10.9. The first-order valence-corrected chi connectivity index (χ1v) is 11.9. The molecule has 0 spiro atoms. The molecular weight excluding hydrogens is 513 g/mol. The molecule has 0 aliphatic rings. The van der Waals surface area contributed by atoms with Gasteiger partial charge >= 0.3 is 0 Å². The van der Waals surface area contributed by atoms with E-state index in [1.807, 2.05) is 29.6 Å². The normalized spacial score (nSPS) is 10.9. The van der Waals surface area contributed by atoms with Gasteiger partial charge < -0.3 is 14.5 Å². The number of aromatic nitrogens is 1. The minimum atomic E-state index is -0.414. The number of benzene rings is 2. The number of thiazole rings is 1. The quantitative estimate of drug-likeness (QED) is 0.208. The van der Waals surface area contributed by atoms with E-state index in [1.165, 1.54) is 23.5 Å². The van der Waals surface area contributed by atoms with Crippen LogP contribution in [0.5, 0.6) is 5.75 Å². The van der Waals surface area contributed by atoms with E-state index in [9.17, 15) is 4.79 Å². The van der Waals surface area contributed by atoms with Crippen molar-refractivity contribution in [2.24, 2.45) is 0 Å². The predicted octanol–water partition coefficient (Wildman–Crippen LogP) is 6.91. The van der Waals surface area contributed by atoms with Crippen LogP contribution < -0.4 is 15.4 Å². The number of amides is 1. The molecule has 0 fully saturated rings. The molecule has 0 saturated carbocycles. The van der Waals surface area contributed by atoms with Gasteiger partial charge in [-0.05, 0) is 66.8 Å². The lowest BCUT2D eigenvalue weighted by molar-refractivity contribution is -0.115. The van der Waals surface area contributed by atoms with Crippen LogP contribution in [-0.2, 0) is 4.79 Å². The topological polar surface area (TPSA) is 76.4 Å². The average molecular weight is 530 g/mol. The number of furan rings is 1. The first-order chi connectivity index (χ1) is 16.4. The zero-order valence-electron chi connectivity index (χ0n) is 17.7. The highest BCUT2D eigenvalue weighted by Crippen LogP contribution is 2.34.